The number of thiocarbonyl (C=S) groups is 1. The zero-order valence-electron chi connectivity index (χ0n) is 7.74. The molecule has 0 radical (unpaired) electrons. The number of rotatable bonds is 2. The highest BCUT2D eigenvalue weighted by Gasteiger charge is 2.12. The molecule has 1 rings (SSSR count). The predicted octanol–water partition coefficient (Wildman–Crippen LogP) is 1.79. The minimum atomic E-state index is -0.258. The van der Waals surface area contributed by atoms with E-state index >= 15 is 0 Å². The van der Waals surface area contributed by atoms with Crippen LogP contribution in [0, 0.1) is 0 Å². The molecule has 0 heterocycles. The minimum Gasteiger partial charge on any atom is -0.504 e. The van der Waals surface area contributed by atoms with Crippen LogP contribution >= 0.6 is 44.1 Å². The first kappa shape index (κ1) is 13.2. The topological polar surface area (TPSA) is 90.9 Å². The molecule has 5 nitrogen and oxygen atoms in total. The van der Waals surface area contributed by atoms with Crippen molar-refractivity contribution in [2.24, 2.45) is 10.8 Å². The molecule has 0 aliphatic carbocycles. The lowest BCUT2D eigenvalue weighted by Gasteiger charge is -2.06. The Morgan fingerprint density at radius 2 is 2.06 bits per heavy atom. The summed E-state index contributed by atoms with van der Waals surface area (Å²) in [6, 6.07) is 1.34. The monoisotopic (exact) mass is 367 g/mol. The van der Waals surface area contributed by atoms with Crippen LogP contribution in [0.25, 0.3) is 0 Å². The fourth-order valence-electron chi connectivity index (χ4n) is 0.882. The fourth-order valence-corrected chi connectivity index (χ4v) is 1.77. The number of nitrogens with one attached hydrogen (secondary N) is 1. The van der Waals surface area contributed by atoms with E-state index in [4.69, 9.17) is 5.73 Å². The van der Waals surface area contributed by atoms with Gasteiger partial charge in [0.25, 0.3) is 0 Å². The summed E-state index contributed by atoms with van der Waals surface area (Å²) in [5, 5.41) is 22.5. The van der Waals surface area contributed by atoms with Crippen molar-refractivity contribution in [2.45, 2.75) is 0 Å². The normalized spacial score (nSPS) is 10.6. The van der Waals surface area contributed by atoms with Crippen LogP contribution in [0.15, 0.2) is 20.1 Å². The van der Waals surface area contributed by atoms with Crippen LogP contribution in [-0.4, -0.2) is 21.5 Å². The maximum absolute atomic E-state index is 9.40. The van der Waals surface area contributed by atoms with Crippen LogP contribution < -0.4 is 11.2 Å². The second-order valence-electron chi connectivity index (χ2n) is 2.70. The summed E-state index contributed by atoms with van der Waals surface area (Å²) in [4.78, 5) is 0. The summed E-state index contributed by atoms with van der Waals surface area (Å²) in [5.41, 5.74) is 8.10. The summed E-state index contributed by atoms with van der Waals surface area (Å²) in [6.45, 7) is 0. The second kappa shape index (κ2) is 5.46. The Balaban J connectivity index is 3.06. The smallest absolute Gasteiger partial charge is 0.184 e. The standard InChI is InChI=1S/C8H7Br2N3O2S/c9-5-3(2-12-13-8(11)16)1-4(14)7(15)6(5)10/h1-2,14-15H,(H3,11,13,16). The third-order valence-corrected chi connectivity index (χ3v) is 3.82. The third-order valence-electron chi connectivity index (χ3n) is 1.57. The highest BCUT2D eigenvalue weighted by Crippen LogP contribution is 2.40. The first-order valence-corrected chi connectivity index (χ1v) is 5.91. The highest BCUT2D eigenvalue weighted by molar-refractivity contribution is 9.13. The lowest BCUT2D eigenvalue weighted by Crippen LogP contribution is -2.24. The van der Waals surface area contributed by atoms with Crippen LogP contribution in [-0.2, 0) is 0 Å². The number of hydrogen-bond donors (Lipinski definition) is 4. The van der Waals surface area contributed by atoms with E-state index in [1.807, 2.05) is 0 Å². The van der Waals surface area contributed by atoms with Crippen LogP contribution in [0.3, 0.4) is 0 Å². The average Bonchev–Trinajstić information content (AvgIpc) is 2.22. The number of aromatic hydroxyl groups is 2. The van der Waals surface area contributed by atoms with E-state index < -0.39 is 0 Å². The zero-order chi connectivity index (χ0) is 12.3. The van der Waals surface area contributed by atoms with E-state index in [0.29, 0.717) is 14.5 Å². The molecule has 0 saturated carbocycles. The molecule has 86 valence electrons. The number of halogens is 2. The molecule has 0 aliphatic rings. The molecule has 8 heteroatoms. The van der Waals surface area contributed by atoms with E-state index in [-0.39, 0.29) is 16.6 Å². The van der Waals surface area contributed by atoms with Crippen LogP contribution in [0.1, 0.15) is 5.56 Å². The Bertz CT molecular complexity index is 465. The molecular weight excluding hydrogens is 362 g/mol. The Morgan fingerprint density at radius 3 is 2.62 bits per heavy atom. The number of nitrogens with two attached hydrogens (primary N) is 1. The van der Waals surface area contributed by atoms with E-state index in [1.54, 1.807) is 0 Å². The van der Waals surface area contributed by atoms with E-state index in [9.17, 15) is 10.2 Å². The van der Waals surface area contributed by atoms with E-state index in [2.05, 4.69) is 54.6 Å². The van der Waals surface area contributed by atoms with Gasteiger partial charge in [0.1, 0.15) is 0 Å². The first-order valence-electron chi connectivity index (χ1n) is 3.92. The van der Waals surface area contributed by atoms with E-state index in [0.717, 1.165) is 0 Å². The maximum atomic E-state index is 9.40. The number of benzene rings is 1. The van der Waals surface area contributed by atoms with Crippen molar-refractivity contribution in [3.63, 3.8) is 0 Å². The van der Waals surface area contributed by atoms with Gasteiger partial charge < -0.3 is 15.9 Å². The van der Waals surface area contributed by atoms with Gasteiger partial charge in [0.15, 0.2) is 16.6 Å². The van der Waals surface area contributed by atoms with Crippen molar-refractivity contribution < 1.29 is 10.2 Å². The zero-order valence-corrected chi connectivity index (χ0v) is 11.7. The second-order valence-corrected chi connectivity index (χ2v) is 4.72. The minimum absolute atomic E-state index is 0.0365. The van der Waals surface area contributed by atoms with E-state index in [1.165, 1.54) is 12.3 Å². The molecule has 0 amide bonds. The van der Waals surface area contributed by atoms with Crippen molar-refractivity contribution in [2.75, 3.05) is 0 Å². The Hall–Kier alpha value is -0.860. The van der Waals surface area contributed by atoms with Crippen molar-refractivity contribution >= 4 is 55.4 Å². The molecule has 1 aromatic carbocycles. The number of hydrogen-bond acceptors (Lipinski definition) is 4. The van der Waals surface area contributed by atoms with Crippen molar-refractivity contribution in [1.82, 2.24) is 5.43 Å². The predicted molar refractivity (Wildman–Crippen MR) is 72.7 cm³/mol. The number of hydrazone groups is 1. The lowest BCUT2D eigenvalue weighted by atomic mass is 10.2. The van der Waals surface area contributed by atoms with Crippen molar-refractivity contribution in [3.05, 3.63) is 20.6 Å². The maximum Gasteiger partial charge on any atom is 0.184 e. The molecule has 0 unspecified atom stereocenters. The van der Waals surface area contributed by atoms with Gasteiger partial charge in [0.05, 0.1) is 10.7 Å². The summed E-state index contributed by atoms with van der Waals surface area (Å²) >= 11 is 10.9. The summed E-state index contributed by atoms with van der Waals surface area (Å²) < 4.78 is 0.889. The Labute approximate surface area is 114 Å². The molecule has 16 heavy (non-hydrogen) atoms. The summed E-state index contributed by atoms with van der Waals surface area (Å²) in [5.74, 6) is -0.502. The third kappa shape index (κ3) is 3.06. The van der Waals surface area contributed by atoms with Gasteiger partial charge in [-0.25, -0.2) is 0 Å². The molecular formula is C8H7Br2N3O2S. The van der Waals surface area contributed by atoms with Crippen LogP contribution in [0.5, 0.6) is 11.5 Å². The summed E-state index contributed by atoms with van der Waals surface area (Å²) in [6.07, 6.45) is 1.40. The number of phenols is 2. The molecule has 0 spiro atoms. The molecule has 0 aliphatic heterocycles. The van der Waals surface area contributed by atoms with Crippen LogP contribution in [0.2, 0.25) is 0 Å². The molecule has 5 N–H and O–H groups in total. The van der Waals surface area contributed by atoms with Gasteiger partial charge in [-0.15, -0.1) is 0 Å². The van der Waals surface area contributed by atoms with Crippen LogP contribution in [0.4, 0.5) is 0 Å². The lowest BCUT2D eigenvalue weighted by molar-refractivity contribution is 0.401. The quantitative estimate of drug-likeness (QED) is 0.276. The molecule has 0 saturated heterocycles. The SMILES string of the molecule is NC(=S)NN=Cc1cc(O)c(O)c(Br)c1Br. The first-order chi connectivity index (χ1) is 7.43. The number of nitrogens with zero attached hydrogens (tertiary/aromatic N) is 1. The van der Waals surface area contributed by atoms with Gasteiger partial charge in [-0.2, -0.15) is 5.10 Å². The van der Waals surface area contributed by atoms with Gasteiger partial charge in [-0.3, -0.25) is 5.43 Å². The fraction of sp³-hybridized carbons (Fsp3) is 0. The molecule has 0 atom stereocenters. The molecule has 0 fully saturated rings. The van der Waals surface area contributed by atoms with Crippen molar-refractivity contribution in [3.8, 4) is 11.5 Å². The Morgan fingerprint density at radius 1 is 1.44 bits per heavy atom. The Kier molecular flexibility index (Phi) is 4.51. The molecule has 1 aromatic rings. The van der Waals surface area contributed by atoms with Crippen molar-refractivity contribution in [1.29, 1.82) is 0 Å². The summed E-state index contributed by atoms with van der Waals surface area (Å²) in [7, 11) is 0. The van der Waals surface area contributed by atoms with Gasteiger partial charge in [0.2, 0.25) is 0 Å². The van der Waals surface area contributed by atoms with Gasteiger partial charge in [-0.1, -0.05) is 0 Å². The van der Waals surface area contributed by atoms with Gasteiger partial charge in [-0.05, 0) is 50.1 Å². The molecule has 0 aromatic heterocycles. The van der Waals surface area contributed by atoms with Gasteiger partial charge >= 0.3 is 0 Å². The van der Waals surface area contributed by atoms with Gasteiger partial charge in [0, 0.05) is 10.0 Å². The average molecular weight is 369 g/mol. The largest absolute Gasteiger partial charge is 0.504 e. The molecule has 0 bridgehead atoms. The highest BCUT2D eigenvalue weighted by atomic mass is 79.9. The number of phenolic OH excluding ortho intramolecular Hbond substituents is 2.